The van der Waals surface area contributed by atoms with Crippen LogP contribution in [0.15, 0.2) is 23.8 Å². The Morgan fingerprint density at radius 3 is 2.89 bits per heavy atom. The molecule has 1 atom stereocenters. The summed E-state index contributed by atoms with van der Waals surface area (Å²) in [7, 11) is 0. The van der Waals surface area contributed by atoms with E-state index in [0.717, 1.165) is 13.0 Å². The number of nitrogens with one attached hydrogen (secondary N) is 1. The van der Waals surface area contributed by atoms with E-state index in [0.29, 0.717) is 6.04 Å². The van der Waals surface area contributed by atoms with Gasteiger partial charge in [-0.3, -0.25) is 0 Å². The molecular weight excluding hydrogens is 238 g/mol. The molecular formula is C16H25NS. The molecule has 1 nitrogen and oxygen atoms in total. The van der Waals surface area contributed by atoms with Gasteiger partial charge >= 0.3 is 0 Å². The predicted octanol–water partition coefficient (Wildman–Crippen LogP) is 4.85. The van der Waals surface area contributed by atoms with Gasteiger partial charge in [0.05, 0.1) is 0 Å². The van der Waals surface area contributed by atoms with Crippen LogP contribution in [-0.2, 0) is 6.42 Å². The molecule has 0 spiro atoms. The average molecular weight is 263 g/mol. The van der Waals surface area contributed by atoms with Crippen molar-refractivity contribution in [2.45, 2.75) is 58.4 Å². The Morgan fingerprint density at radius 1 is 1.33 bits per heavy atom. The predicted molar refractivity (Wildman–Crippen MR) is 81.3 cm³/mol. The second-order valence-electron chi connectivity index (χ2n) is 5.19. The van der Waals surface area contributed by atoms with Crippen LogP contribution in [0.1, 0.15) is 61.7 Å². The summed E-state index contributed by atoms with van der Waals surface area (Å²) in [5, 5.41) is 3.65. The summed E-state index contributed by atoms with van der Waals surface area (Å²) in [6, 6.07) is 5.04. The van der Waals surface area contributed by atoms with E-state index in [1.165, 1.54) is 41.9 Å². The minimum Gasteiger partial charge on any atom is -0.309 e. The molecule has 100 valence electrons. The number of hydrogen-bond acceptors (Lipinski definition) is 2. The molecule has 0 fully saturated rings. The number of hydrogen-bond donors (Lipinski definition) is 1. The van der Waals surface area contributed by atoms with Crippen molar-refractivity contribution in [1.29, 1.82) is 0 Å². The third-order valence-electron chi connectivity index (χ3n) is 3.74. The van der Waals surface area contributed by atoms with Crippen LogP contribution >= 0.6 is 11.3 Å². The molecule has 1 aromatic heterocycles. The molecule has 1 heterocycles. The minimum absolute atomic E-state index is 0.500. The lowest BCUT2D eigenvalue weighted by molar-refractivity contribution is 0.569. The SMILES string of the molecule is CCc1ccc(C(C)NCCC2=CCCCC2)s1. The van der Waals surface area contributed by atoms with E-state index in [1.54, 1.807) is 5.57 Å². The highest BCUT2D eigenvalue weighted by atomic mass is 32.1. The van der Waals surface area contributed by atoms with E-state index in [9.17, 15) is 0 Å². The molecule has 1 aliphatic carbocycles. The standard InChI is InChI=1S/C16H25NS/c1-3-15-9-10-16(18-15)13(2)17-12-11-14-7-5-4-6-8-14/h7,9-10,13,17H,3-6,8,11-12H2,1-2H3. The fourth-order valence-electron chi connectivity index (χ4n) is 2.50. The van der Waals surface area contributed by atoms with Crippen LogP contribution in [0, 0.1) is 0 Å². The van der Waals surface area contributed by atoms with Crippen LogP contribution in [0.25, 0.3) is 0 Å². The van der Waals surface area contributed by atoms with Crippen molar-refractivity contribution in [3.8, 4) is 0 Å². The van der Waals surface area contributed by atoms with Crippen LogP contribution in [0.2, 0.25) is 0 Å². The Kier molecular flexibility index (Phi) is 5.45. The molecule has 18 heavy (non-hydrogen) atoms. The smallest absolute Gasteiger partial charge is 0.0386 e. The number of aryl methyl sites for hydroxylation is 1. The first-order valence-electron chi connectivity index (χ1n) is 7.29. The molecule has 1 aromatic rings. The summed E-state index contributed by atoms with van der Waals surface area (Å²) in [5.41, 5.74) is 1.67. The van der Waals surface area contributed by atoms with E-state index in [-0.39, 0.29) is 0 Å². The molecule has 0 amide bonds. The van der Waals surface area contributed by atoms with Gasteiger partial charge in [0.1, 0.15) is 0 Å². The fraction of sp³-hybridized carbons (Fsp3) is 0.625. The summed E-state index contributed by atoms with van der Waals surface area (Å²) < 4.78 is 0. The Morgan fingerprint density at radius 2 is 2.22 bits per heavy atom. The van der Waals surface area contributed by atoms with Gasteiger partial charge in [0.25, 0.3) is 0 Å². The van der Waals surface area contributed by atoms with Crippen molar-refractivity contribution in [2.24, 2.45) is 0 Å². The van der Waals surface area contributed by atoms with Crippen LogP contribution in [-0.4, -0.2) is 6.54 Å². The summed E-state index contributed by atoms with van der Waals surface area (Å²) in [5.74, 6) is 0. The molecule has 2 heteroatoms. The molecule has 0 aromatic carbocycles. The molecule has 1 aliphatic rings. The van der Waals surface area contributed by atoms with E-state index in [2.05, 4.69) is 37.4 Å². The van der Waals surface area contributed by atoms with Crippen molar-refractivity contribution in [3.63, 3.8) is 0 Å². The first-order valence-corrected chi connectivity index (χ1v) is 8.11. The van der Waals surface area contributed by atoms with Crippen molar-refractivity contribution in [3.05, 3.63) is 33.5 Å². The van der Waals surface area contributed by atoms with E-state index in [1.807, 2.05) is 11.3 Å². The van der Waals surface area contributed by atoms with Crippen LogP contribution < -0.4 is 5.32 Å². The van der Waals surface area contributed by atoms with Crippen molar-refractivity contribution in [1.82, 2.24) is 5.32 Å². The quantitative estimate of drug-likeness (QED) is 0.723. The highest BCUT2D eigenvalue weighted by Crippen LogP contribution is 2.24. The highest BCUT2D eigenvalue weighted by Gasteiger charge is 2.08. The maximum atomic E-state index is 3.65. The molecule has 0 radical (unpaired) electrons. The zero-order valence-corrected chi connectivity index (χ0v) is 12.5. The first-order chi connectivity index (χ1) is 8.79. The molecule has 0 saturated carbocycles. The summed E-state index contributed by atoms with van der Waals surface area (Å²) in [4.78, 5) is 2.97. The Labute approximate surface area is 115 Å². The zero-order chi connectivity index (χ0) is 12.8. The second-order valence-corrected chi connectivity index (χ2v) is 6.39. The maximum absolute atomic E-state index is 3.65. The third-order valence-corrected chi connectivity index (χ3v) is 5.15. The number of allylic oxidation sites excluding steroid dienone is 1. The molecule has 2 rings (SSSR count). The Balaban J connectivity index is 1.74. The van der Waals surface area contributed by atoms with Gasteiger partial charge in [0, 0.05) is 15.8 Å². The average Bonchev–Trinajstić information content (AvgIpc) is 2.89. The van der Waals surface area contributed by atoms with Gasteiger partial charge < -0.3 is 5.32 Å². The van der Waals surface area contributed by atoms with Gasteiger partial charge in [-0.25, -0.2) is 0 Å². The summed E-state index contributed by atoms with van der Waals surface area (Å²) in [6.45, 7) is 5.62. The minimum atomic E-state index is 0.500. The molecule has 0 aliphatic heterocycles. The van der Waals surface area contributed by atoms with Gasteiger partial charge in [-0.1, -0.05) is 18.6 Å². The van der Waals surface area contributed by atoms with Crippen molar-refractivity contribution < 1.29 is 0 Å². The van der Waals surface area contributed by atoms with Crippen LogP contribution in [0.4, 0.5) is 0 Å². The maximum Gasteiger partial charge on any atom is 0.0386 e. The lowest BCUT2D eigenvalue weighted by Gasteiger charge is -2.15. The van der Waals surface area contributed by atoms with Crippen LogP contribution in [0.5, 0.6) is 0 Å². The molecule has 0 bridgehead atoms. The summed E-state index contributed by atoms with van der Waals surface area (Å²) in [6.07, 6.45) is 10.3. The van der Waals surface area contributed by atoms with E-state index < -0.39 is 0 Å². The third kappa shape index (κ3) is 3.96. The molecule has 0 saturated heterocycles. The topological polar surface area (TPSA) is 12.0 Å². The first kappa shape index (κ1) is 13.8. The molecule has 1 unspecified atom stereocenters. The lowest BCUT2D eigenvalue weighted by atomic mass is 9.97. The number of thiophene rings is 1. The van der Waals surface area contributed by atoms with Gasteiger partial charge in [0.2, 0.25) is 0 Å². The Bertz CT molecular complexity index is 392. The van der Waals surface area contributed by atoms with Gasteiger partial charge in [-0.15, -0.1) is 11.3 Å². The second kappa shape index (κ2) is 7.10. The number of rotatable bonds is 6. The van der Waals surface area contributed by atoms with Crippen molar-refractivity contribution >= 4 is 11.3 Å². The van der Waals surface area contributed by atoms with Crippen molar-refractivity contribution in [2.75, 3.05) is 6.54 Å². The summed E-state index contributed by atoms with van der Waals surface area (Å²) >= 11 is 1.95. The van der Waals surface area contributed by atoms with E-state index >= 15 is 0 Å². The van der Waals surface area contributed by atoms with Crippen LogP contribution in [0.3, 0.4) is 0 Å². The largest absolute Gasteiger partial charge is 0.309 e. The Hall–Kier alpha value is -0.600. The van der Waals surface area contributed by atoms with E-state index in [4.69, 9.17) is 0 Å². The zero-order valence-electron chi connectivity index (χ0n) is 11.7. The fourth-order valence-corrected chi connectivity index (χ4v) is 3.48. The normalized spacial score (nSPS) is 17.6. The van der Waals surface area contributed by atoms with Gasteiger partial charge in [0.15, 0.2) is 0 Å². The lowest BCUT2D eigenvalue weighted by Crippen LogP contribution is -2.19. The molecule has 1 N–H and O–H groups in total. The van der Waals surface area contributed by atoms with Gasteiger partial charge in [-0.05, 0) is 64.1 Å². The highest BCUT2D eigenvalue weighted by molar-refractivity contribution is 7.12. The monoisotopic (exact) mass is 263 g/mol. The van der Waals surface area contributed by atoms with Gasteiger partial charge in [-0.2, -0.15) is 0 Å².